The second kappa shape index (κ2) is 9.66. The van der Waals surface area contributed by atoms with Gasteiger partial charge in [0, 0.05) is 50.7 Å². The molecule has 0 saturated carbocycles. The van der Waals surface area contributed by atoms with Gasteiger partial charge in [0.25, 0.3) is 11.8 Å². The van der Waals surface area contributed by atoms with E-state index in [1.807, 2.05) is 0 Å². The number of amides is 2. The molecule has 1 aromatic heterocycles. The molecular formula is C23H30N4O5S. The molecule has 2 aliphatic rings. The number of morpholine rings is 1. The van der Waals surface area contributed by atoms with E-state index in [1.54, 1.807) is 37.1 Å². The van der Waals surface area contributed by atoms with Crippen LogP contribution in [0, 0.1) is 6.92 Å². The Kier molecular flexibility index (Phi) is 6.87. The van der Waals surface area contributed by atoms with Crippen molar-refractivity contribution in [2.75, 3.05) is 44.7 Å². The van der Waals surface area contributed by atoms with Crippen LogP contribution in [-0.2, 0) is 21.8 Å². The van der Waals surface area contributed by atoms with Crippen LogP contribution in [0.5, 0.6) is 0 Å². The first-order valence-corrected chi connectivity index (χ1v) is 12.7. The van der Waals surface area contributed by atoms with E-state index in [-0.39, 0.29) is 16.5 Å². The number of benzene rings is 1. The standard InChI is InChI=1S/C23H30N4O5S/c1-17-19(23(29)26-11-13-32-14-12-26)7-6-8-20(17)24-22(28)21-15-18(16-25(21)2)33(30,31)27-9-4-3-5-10-27/h6-8,15-16H,3-5,9-14H2,1-2H3,(H,24,28). The summed E-state index contributed by atoms with van der Waals surface area (Å²) in [6.07, 6.45) is 4.20. The molecule has 2 amide bonds. The fraction of sp³-hybridized carbons (Fsp3) is 0.478. The summed E-state index contributed by atoms with van der Waals surface area (Å²) in [5.74, 6) is -0.530. The molecule has 1 N–H and O–H groups in total. The Bertz CT molecular complexity index is 1150. The molecule has 4 rings (SSSR count). The van der Waals surface area contributed by atoms with Crippen molar-refractivity contribution >= 4 is 27.5 Å². The van der Waals surface area contributed by atoms with Gasteiger partial charge in [-0.1, -0.05) is 12.5 Å². The van der Waals surface area contributed by atoms with Gasteiger partial charge in [-0.15, -0.1) is 0 Å². The molecule has 0 atom stereocenters. The lowest BCUT2D eigenvalue weighted by Crippen LogP contribution is -2.41. The van der Waals surface area contributed by atoms with Crippen LogP contribution in [-0.4, -0.2) is 73.4 Å². The summed E-state index contributed by atoms with van der Waals surface area (Å²) in [4.78, 5) is 27.8. The molecule has 0 radical (unpaired) electrons. The summed E-state index contributed by atoms with van der Waals surface area (Å²) in [7, 11) is -1.99. The Labute approximate surface area is 194 Å². The lowest BCUT2D eigenvalue weighted by Gasteiger charge is -2.27. The Balaban J connectivity index is 1.54. The second-order valence-electron chi connectivity index (χ2n) is 8.47. The summed E-state index contributed by atoms with van der Waals surface area (Å²) in [6.45, 7) is 4.89. The van der Waals surface area contributed by atoms with Crippen molar-refractivity contribution in [3.05, 3.63) is 47.3 Å². The third-order valence-corrected chi connectivity index (χ3v) is 8.14. The molecule has 0 unspecified atom stereocenters. The molecule has 2 aromatic rings. The number of aromatic nitrogens is 1. The highest BCUT2D eigenvalue weighted by atomic mass is 32.2. The molecule has 0 spiro atoms. The number of sulfonamides is 1. The maximum atomic E-state index is 13.0. The molecule has 178 valence electrons. The van der Waals surface area contributed by atoms with Gasteiger partial charge in [0.05, 0.1) is 13.2 Å². The normalized spacial score (nSPS) is 17.7. The molecule has 9 nitrogen and oxygen atoms in total. The lowest BCUT2D eigenvalue weighted by atomic mass is 10.0. The predicted molar refractivity (Wildman–Crippen MR) is 124 cm³/mol. The smallest absolute Gasteiger partial charge is 0.272 e. The first-order valence-electron chi connectivity index (χ1n) is 11.2. The van der Waals surface area contributed by atoms with E-state index in [0.29, 0.717) is 56.2 Å². The molecule has 1 aromatic carbocycles. The highest BCUT2D eigenvalue weighted by Gasteiger charge is 2.29. The quantitative estimate of drug-likeness (QED) is 0.716. The number of nitrogens with one attached hydrogen (secondary N) is 1. The molecule has 10 heteroatoms. The van der Waals surface area contributed by atoms with Crippen LogP contribution < -0.4 is 5.32 Å². The van der Waals surface area contributed by atoms with Crippen LogP contribution in [0.25, 0.3) is 0 Å². The van der Waals surface area contributed by atoms with E-state index in [9.17, 15) is 18.0 Å². The number of rotatable bonds is 5. The third kappa shape index (κ3) is 4.83. The molecule has 0 aliphatic carbocycles. The van der Waals surface area contributed by atoms with Gasteiger partial charge in [0.1, 0.15) is 10.6 Å². The number of hydrogen-bond acceptors (Lipinski definition) is 5. The molecule has 0 bridgehead atoms. The Morgan fingerprint density at radius 3 is 2.42 bits per heavy atom. The van der Waals surface area contributed by atoms with Crippen molar-refractivity contribution < 1.29 is 22.7 Å². The molecule has 2 saturated heterocycles. The van der Waals surface area contributed by atoms with Gasteiger partial charge < -0.3 is 19.5 Å². The van der Waals surface area contributed by atoms with E-state index in [0.717, 1.165) is 19.3 Å². The Hall–Kier alpha value is -2.69. The highest BCUT2D eigenvalue weighted by molar-refractivity contribution is 7.89. The van der Waals surface area contributed by atoms with Crippen LogP contribution in [0.4, 0.5) is 5.69 Å². The highest BCUT2D eigenvalue weighted by Crippen LogP contribution is 2.25. The van der Waals surface area contributed by atoms with E-state index < -0.39 is 15.9 Å². The number of carbonyl (C=O) groups is 2. The van der Waals surface area contributed by atoms with Crippen LogP contribution >= 0.6 is 0 Å². The zero-order valence-electron chi connectivity index (χ0n) is 19.0. The van der Waals surface area contributed by atoms with Gasteiger partial charge in [-0.3, -0.25) is 9.59 Å². The van der Waals surface area contributed by atoms with E-state index in [1.165, 1.54) is 21.1 Å². The molecule has 2 aliphatic heterocycles. The van der Waals surface area contributed by atoms with Crippen molar-refractivity contribution in [2.45, 2.75) is 31.1 Å². The third-order valence-electron chi connectivity index (χ3n) is 6.28. The fourth-order valence-electron chi connectivity index (χ4n) is 4.28. The molecule has 33 heavy (non-hydrogen) atoms. The van der Waals surface area contributed by atoms with Gasteiger partial charge in [0.15, 0.2) is 0 Å². The van der Waals surface area contributed by atoms with Crippen LogP contribution in [0.3, 0.4) is 0 Å². The van der Waals surface area contributed by atoms with Crippen molar-refractivity contribution in [1.82, 2.24) is 13.8 Å². The summed E-state index contributed by atoms with van der Waals surface area (Å²) in [5.41, 5.74) is 1.93. The number of ether oxygens (including phenoxy) is 1. The zero-order valence-corrected chi connectivity index (χ0v) is 19.9. The first-order chi connectivity index (χ1) is 15.8. The average Bonchev–Trinajstić information content (AvgIpc) is 3.24. The fourth-order valence-corrected chi connectivity index (χ4v) is 5.87. The van der Waals surface area contributed by atoms with Gasteiger partial charge in [-0.2, -0.15) is 4.31 Å². The lowest BCUT2D eigenvalue weighted by molar-refractivity contribution is 0.0302. The molecular weight excluding hydrogens is 444 g/mol. The molecule has 3 heterocycles. The van der Waals surface area contributed by atoms with Gasteiger partial charge >= 0.3 is 0 Å². The zero-order chi connectivity index (χ0) is 23.6. The van der Waals surface area contributed by atoms with E-state index >= 15 is 0 Å². The maximum Gasteiger partial charge on any atom is 0.272 e. The number of aryl methyl sites for hydroxylation is 1. The van der Waals surface area contributed by atoms with Crippen molar-refractivity contribution in [1.29, 1.82) is 0 Å². The Morgan fingerprint density at radius 2 is 1.73 bits per heavy atom. The topological polar surface area (TPSA) is 101 Å². The van der Waals surface area contributed by atoms with Crippen molar-refractivity contribution in [3.8, 4) is 0 Å². The summed E-state index contributed by atoms with van der Waals surface area (Å²) >= 11 is 0. The SMILES string of the molecule is Cc1c(NC(=O)c2cc(S(=O)(=O)N3CCCCC3)cn2C)cccc1C(=O)N1CCOCC1. The second-order valence-corrected chi connectivity index (χ2v) is 10.4. The summed E-state index contributed by atoms with van der Waals surface area (Å²) in [6, 6.07) is 6.62. The summed E-state index contributed by atoms with van der Waals surface area (Å²) in [5, 5.41) is 2.85. The maximum absolute atomic E-state index is 13.0. The van der Waals surface area contributed by atoms with Gasteiger partial charge in [0.2, 0.25) is 10.0 Å². The van der Waals surface area contributed by atoms with E-state index in [4.69, 9.17) is 4.74 Å². The summed E-state index contributed by atoms with van der Waals surface area (Å²) < 4.78 is 34.3. The Morgan fingerprint density at radius 1 is 1.03 bits per heavy atom. The predicted octanol–water partition coefficient (Wildman–Crippen LogP) is 2.23. The van der Waals surface area contributed by atoms with Gasteiger partial charge in [-0.05, 0) is 43.5 Å². The van der Waals surface area contributed by atoms with Crippen molar-refractivity contribution in [3.63, 3.8) is 0 Å². The minimum Gasteiger partial charge on any atom is -0.378 e. The number of carbonyl (C=O) groups excluding carboxylic acids is 2. The number of hydrogen-bond donors (Lipinski definition) is 1. The average molecular weight is 475 g/mol. The molecule has 2 fully saturated rings. The monoisotopic (exact) mass is 474 g/mol. The van der Waals surface area contributed by atoms with Gasteiger partial charge in [-0.25, -0.2) is 8.42 Å². The minimum atomic E-state index is -3.64. The largest absolute Gasteiger partial charge is 0.378 e. The first kappa shape index (κ1) is 23.5. The van der Waals surface area contributed by atoms with E-state index in [2.05, 4.69) is 5.32 Å². The minimum absolute atomic E-state index is 0.0966. The van der Waals surface area contributed by atoms with Crippen molar-refractivity contribution in [2.24, 2.45) is 7.05 Å². The number of anilines is 1. The van der Waals surface area contributed by atoms with Crippen LogP contribution in [0.2, 0.25) is 0 Å². The van der Waals surface area contributed by atoms with Crippen LogP contribution in [0.15, 0.2) is 35.4 Å². The van der Waals surface area contributed by atoms with Crippen LogP contribution in [0.1, 0.15) is 45.7 Å². The number of piperidine rings is 1. The number of nitrogens with zero attached hydrogens (tertiary/aromatic N) is 3.